The predicted molar refractivity (Wildman–Crippen MR) is 445 cm³/mol. The number of nitrogen functional groups attached to an aromatic ring is 1. The van der Waals surface area contributed by atoms with Crippen molar-refractivity contribution in [3.63, 3.8) is 0 Å². The standard InChI is InChI=1S/C23H14N4O2.C22H13N5O2.C22H15N5.C22H14N4/c28-27(29)13-9-10-20-18(11-13)19(12-24-20)23-25-21-16-7-3-1-5-14(16)15-6-2-4-8-17(15)22(21)26-23;28-27(29)12-7-8-14-13-4-1-2-5-15(13)19-20(17(14)10-12)26-22(25-19)18-11-24-21-16(18)6-3-9-23-21;23-12-7-8-14-13-4-1-2-5-15(13)19-20(17(14)10-12)27-22(26-19)18-11-25-21-16(18)6-3-9-24-21;1-3-8-15-13(6-1)14-7-2-4-9-16(14)20-19(15)25-22(26-20)18-12-24-21-17(18)10-5-11-23-21/h1-12,24H,(H,25,26);1-11H,(H,23,24)(H,25,26);1-11H,23H2,(H,24,25)(H,26,27);1-12H,(H,23,24)(H,25,26). The van der Waals surface area contributed by atoms with Gasteiger partial charge in [-0.2, -0.15) is 0 Å². The molecule has 24 aromatic rings. The number of hydrogen-bond acceptors (Lipinski definition) is 12. The number of H-pyrrole nitrogens is 8. The van der Waals surface area contributed by atoms with Gasteiger partial charge in [0.25, 0.3) is 11.4 Å². The molecule has 13 aromatic carbocycles. The first-order chi connectivity index (χ1) is 54.6. The van der Waals surface area contributed by atoms with Gasteiger partial charge in [-0.25, -0.2) is 34.9 Å². The maximum absolute atomic E-state index is 11.3. The fourth-order valence-corrected chi connectivity index (χ4v) is 16.1. The highest BCUT2D eigenvalue weighted by atomic mass is 16.6. The maximum Gasteiger partial charge on any atom is 0.270 e. The number of nitro benzene ring substituents is 2. The van der Waals surface area contributed by atoms with Crippen LogP contribution in [0.4, 0.5) is 17.1 Å². The van der Waals surface area contributed by atoms with Crippen LogP contribution in [0.2, 0.25) is 0 Å². The smallest absolute Gasteiger partial charge is 0.270 e. The van der Waals surface area contributed by atoms with Gasteiger partial charge >= 0.3 is 0 Å². The van der Waals surface area contributed by atoms with Crippen molar-refractivity contribution < 1.29 is 9.85 Å². The highest BCUT2D eigenvalue weighted by Gasteiger charge is 2.23. The minimum absolute atomic E-state index is 0.0509. The van der Waals surface area contributed by atoms with Gasteiger partial charge in [0.2, 0.25) is 0 Å². The van der Waals surface area contributed by atoms with E-state index >= 15 is 0 Å². The lowest BCUT2D eigenvalue weighted by molar-refractivity contribution is -0.384. The number of pyridine rings is 3. The number of non-ortho nitro benzene ring substituents is 2. The fraction of sp³-hybridized carbons (Fsp3) is 0. The Morgan fingerprint density at radius 1 is 0.270 bits per heavy atom. The highest BCUT2D eigenvalue weighted by Crippen LogP contribution is 2.43. The summed E-state index contributed by atoms with van der Waals surface area (Å²) in [5.41, 5.74) is 21.5. The third-order valence-electron chi connectivity index (χ3n) is 21.1. The van der Waals surface area contributed by atoms with E-state index in [4.69, 9.17) is 25.7 Å². The molecular formula is C89H56N18O4. The summed E-state index contributed by atoms with van der Waals surface area (Å²) in [6.45, 7) is 0. The summed E-state index contributed by atoms with van der Waals surface area (Å²) in [6, 6.07) is 77.5. The van der Waals surface area contributed by atoms with E-state index in [1.54, 1.807) is 48.9 Å². The van der Waals surface area contributed by atoms with Crippen molar-refractivity contribution in [2.75, 3.05) is 5.73 Å². The summed E-state index contributed by atoms with van der Waals surface area (Å²) in [5, 5.41) is 44.1. The van der Waals surface area contributed by atoms with Crippen LogP contribution in [0.3, 0.4) is 0 Å². The molecule has 0 saturated heterocycles. The molecule has 22 heteroatoms. The zero-order valence-electron chi connectivity index (χ0n) is 58.3. The Bertz CT molecular complexity index is 7850. The van der Waals surface area contributed by atoms with Crippen molar-refractivity contribution in [1.82, 2.24) is 74.8 Å². The van der Waals surface area contributed by atoms with Crippen molar-refractivity contribution >= 4 is 191 Å². The van der Waals surface area contributed by atoms with Crippen LogP contribution >= 0.6 is 0 Å². The highest BCUT2D eigenvalue weighted by molar-refractivity contribution is 6.28. The van der Waals surface area contributed by atoms with Crippen LogP contribution in [0.1, 0.15) is 0 Å². The molecule has 0 fully saturated rings. The average Bonchev–Trinajstić information content (AvgIpc) is 1.64. The van der Waals surface area contributed by atoms with Crippen LogP contribution in [0, 0.1) is 20.2 Å². The van der Waals surface area contributed by atoms with E-state index in [9.17, 15) is 20.2 Å². The van der Waals surface area contributed by atoms with Crippen molar-refractivity contribution in [2.45, 2.75) is 0 Å². The monoisotopic (exact) mass is 1440 g/mol. The van der Waals surface area contributed by atoms with Crippen molar-refractivity contribution in [3.05, 3.63) is 300 Å². The molecule has 111 heavy (non-hydrogen) atoms. The summed E-state index contributed by atoms with van der Waals surface area (Å²) in [6.07, 6.45) is 13.0. The van der Waals surface area contributed by atoms with Crippen molar-refractivity contribution in [1.29, 1.82) is 0 Å². The molecular weight excluding hydrogens is 1390 g/mol. The van der Waals surface area contributed by atoms with E-state index < -0.39 is 0 Å². The van der Waals surface area contributed by atoms with Gasteiger partial charge in [0, 0.05) is 166 Å². The first-order valence-corrected chi connectivity index (χ1v) is 35.8. The Hall–Kier alpha value is -16.0. The van der Waals surface area contributed by atoms with Gasteiger partial charge < -0.3 is 45.6 Å². The molecule has 22 nitrogen and oxygen atoms in total. The largest absolute Gasteiger partial charge is 0.399 e. The number of nitrogens with one attached hydrogen (secondary N) is 8. The SMILES string of the molecule is Nc1ccc2c3ccccc3c3[nH]c(-c4c[nH]c5ncccc45)nc3c2c1.O=[N+]([O-])c1ccc2[nH]cc(-c3nc4c5ccccc5c5ccccc5c4[nH]3)c2c1.O=[N+]([O-])c1ccc2c3ccccc3c3[nH]c(-c4c[nH]c5ncccc45)nc3c2c1.c1cnc2[nH]cc(-c3nc4c5ccccc5c5ccccc5c4[nH]3)c2c1. The second-order valence-corrected chi connectivity index (χ2v) is 27.3. The minimum Gasteiger partial charge on any atom is -0.399 e. The number of nitrogens with two attached hydrogens (primary N) is 1. The predicted octanol–water partition coefficient (Wildman–Crippen LogP) is 21.7. The zero-order chi connectivity index (χ0) is 74.1. The number of aromatic nitrogens is 15. The number of benzene rings is 13. The van der Waals surface area contributed by atoms with Gasteiger partial charge in [0.15, 0.2) is 0 Å². The summed E-state index contributed by atoms with van der Waals surface area (Å²) >= 11 is 0. The molecule has 0 unspecified atom stereocenters. The van der Waals surface area contributed by atoms with Gasteiger partial charge in [0.1, 0.15) is 40.2 Å². The summed E-state index contributed by atoms with van der Waals surface area (Å²) in [5.74, 6) is 3.07. The van der Waals surface area contributed by atoms with Gasteiger partial charge in [-0.3, -0.25) is 20.2 Å². The van der Waals surface area contributed by atoms with E-state index in [2.05, 4.69) is 170 Å². The molecule has 0 bridgehead atoms. The quantitative estimate of drug-likeness (QED) is 0.0325. The van der Waals surface area contributed by atoms with E-state index in [1.807, 2.05) is 110 Å². The Morgan fingerprint density at radius 3 is 0.928 bits per heavy atom. The van der Waals surface area contributed by atoms with E-state index in [-0.39, 0.29) is 21.2 Å². The first kappa shape index (κ1) is 63.5. The van der Waals surface area contributed by atoms with E-state index in [0.29, 0.717) is 11.6 Å². The number of nitrogens with zero attached hydrogens (tertiary/aromatic N) is 9. The Morgan fingerprint density at radius 2 is 0.550 bits per heavy atom. The Balaban J connectivity index is 0.0000000938. The van der Waals surface area contributed by atoms with Crippen molar-refractivity contribution in [2.24, 2.45) is 0 Å². The second-order valence-electron chi connectivity index (χ2n) is 27.3. The molecule has 10 N–H and O–H groups in total. The molecule has 11 aromatic heterocycles. The average molecular weight is 1440 g/mol. The summed E-state index contributed by atoms with van der Waals surface area (Å²) in [4.78, 5) is 81.5. The molecule has 0 radical (unpaired) electrons. The third-order valence-corrected chi connectivity index (χ3v) is 21.1. The second kappa shape index (κ2) is 25.1. The minimum atomic E-state index is -0.379. The number of aromatic amines is 8. The van der Waals surface area contributed by atoms with Crippen molar-refractivity contribution in [3.8, 4) is 45.6 Å². The molecule has 0 aliphatic heterocycles. The lowest BCUT2D eigenvalue weighted by Gasteiger charge is -2.06. The van der Waals surface area contributed by atoms with Gasteiger partial charge in [0.05, 0.1) is 54.0 Å². The topological polar surface area (TPSA) is 329 Å². The number of imidazole rings is 4. The van der Waals surface area contributed by atoms with Crippen LogP contribution < -0.4 is 5.73 Å². The number of hydrogen-bond donors (Lipinski definition) is 9. The van der Waals surface area contributed by atoms with Crippen LogP contribution in [-0.2, 0) is 0 Å². The molecule has 11 heterocycles. The molecule has 0 atom stereocenters. The molecule has 0 saturated carbocycles. The molecule has 0 aliphatic carbocycles. The van der Waals surface area contributed by atoms with E-state index in [1.165, 1.54) is 38.4 Å². The third kappa shape index (κ3) is 10.3. The number of anilines is 1. The van der Waals surface area contributed by atoms with Gasteiger partial charge in [-0.1, -0.05) is 152 Å². The molecule has 0 aliphatic rings. The van der Waals surface area contributed by atoms with E-state index in [0.717, 1.165) is 182 Å². The lowest BCUT2D eigenvalue weighted by Crippen LogP contribution is -1.88. The normalized spacial score (nSPS) is 11.8. The van der Waals surface area contributed by atoms with Crippen LogP contribution in [0.5, 0.6) is 0 Å². The maximum atomic E-state index is 11.3. The fourth-order valence-electron chi connectivity index (χ4n) is 16.1. The van der Waals surface area contributed by atoms with Crippen LogP contribution in [0.25, 0.3) is 220 Å². The van der Waals surface area contributed by atoms with Gasteiger partial charge in [-0.15, -0.1) is 0 Å². The molecule has 526 valence electrons. The first-order valence-electron chi connectivity index (χ1n) is 35.8. The zero-order valence-corrected chi connectivity index (χ0v) is 58.3. The Kier molecular flexibility index (Phi) is 14.4. The molecule has 24 rings (SSSR count). The van der Waals surface area contributed by atoms with Crippen LogP contribution in [0.15, 0.2) is 280 Å². The summed E-state index contributed by atoms with van der Waals surface area (Å²) in [7, 11) is 0. The Labute approximate surface area is 624 Å². The number of nitro groups is 2. The number of rotatable bonds is 6. The number of fused-ring (bicyclic) bond motifs is 28. The summed E-state index contributed by atoms with van der Waals surface area (Å²) < 4.78 is 0. The van der Waals surface area contributed by atoms with Crippen LogP contribution in [-0.4, -0.2) is 84.6 Å². The van der Waals surface area contributed by atoms with Gasteiger partial charge in [-0.05, 0) is 104 Å². The molecule has 0 amide bonds. The lowest BCUT2D eigenvalue weighted by atomic mass is 9.99. The molecule has 0 spiro atoms.